The van der Waals surface area contributed by atoms with Crippen LogP contribution < -0.4 is 0 Å². The summed E-state index contributed by atoms with van der Waals surface area (Å²) in [6, 6.07) is 5.74. The number of piperidine rings is 1. The van der Waals surface area contributed by atoms with Gasteiger partial charge < -0.3 is 15.1 Å². The summed E-state index contributed by atoms with van der Waals surface area (Å²) in [7, 11) is 0. The van der Waals surface area contributed by atoms with Gasteiger partial charge in [0, 0.05) is 37.5 Å². The number of carbonyl (C=O) groups excluding carboxylic acids is 1. The zero-order valence-electron chi connectivity index (χ0n) is 20.0. The van der Waals surface area contributed by atoms with Crippen LogP contribution >= 0.6 is 0 Å². The van der Waals surface area contributed by atoms with Gasteiger partial charge in [-0.15, -0.1) is 0 Å². The van der Waals surface area contributed by atoms with Gasteiger partial charge in [-0.1, -0.05) is 38.2 Å². The second-order valence-corrected chi connectivity index (χ2v) is 11.9. The largest absolute Gasteiger partial charge is 0.508 e. The van der Waals surface area contributed by atoms with Crippen molar-refractivity contribution in [3.05, 3.63) is 29.3 Å². The molecule has 0 radical (unpaired) electrons. The molecule has 3 unspecified atom stereocenters. The van der Waals surface area contributed by atoms with Crippen LogP contribution in [-0.4, -0.2) is 63.7 Å². The van der Waals surface area contributed by atoms with Gasteiger partial charge in [-0.3, -0.25) is 9.69 Å². The number of likely N-dealkylation sites (tertiary alicyclic amines) is 2. The van der Waals surface area contributed by atoms with Gasteiger partial charge in [-0.25, -0.2) is 0 Å². The van der Waals surface area contributed by atoms with Crippen LogP contribution in [0.3, 0.4) is 0 Å². The molecule has 3 atom stereocenters. The van der Waals surface area contributed by atoms with Crippen LogP contribution in [0.25, 0.3) is 0 Å². The Bertz CT molecular complexity index is 908. The molecular formula is C28H40N2O3. The Balaban J connectivity index is 1.32. The van der Waals surface area contributed by atoms with E-state index in [0.29, 0.717) is 19.4 Å². The highest BCUT2D eigenvalue weighted by molar-refractivity contribution is 5.79. The number of aliphatic hydroxyl groups is 1. The monoisotopic (exact) mass is 452 g/mol. The third kappa shape index (κ3) is 3.70. The van der Waals surface area contributed by atoms with E-state index in [1.165, 1.54) is 50.5 Å². The first-order chi connectivity index (χ1) is 16.0. The lowest BCUT2D eigenvalue weighted by Gasteiger charge is -2.61. The molecule has 2 heterocycles. The molecule has 3 aliphatic carbocycles. The van der Waals surface area contributed by atoms with Crippen molar-refractivity contribution in [3.8, 4) is 5.75 Å². The lowest BCUT2D eigenvalue weighted by Crippen LogP contribution is -2.71. The Labute approximate surface area is 198 Å². The molecule has 1 aromatic carbocycles. The highest BCUT2D eigenvalue weighted by atomic mass is 16.3. The summed E-state index contributed by atoms with van der Waals surface area (Å²) in [5, 5.41) is 22.9. The number of phenolic OH excluding ortho intramolecular Hbond substituents is 1. The highest BCUT2D eigenvalue weighted by Gasteiger charge is 2.64. The van der Waals surface area contributed by atoms with Crippen molar-refractivity contribution in [3.63, 3.8) is 0 Å². The fourth-order valence-electron chi connectivity index (χ4n) is 7.83. The Morgan fingerprint density at radius 3 is 2.61 bits per heavy atom. The molecule has 0 spiro atoms. The topological polar surface area (TPSA) is 64.0 Å². The number of nitrogens with zero attached hydrogens (tertiary/aromatic N) is 2. The van der Waals surface area contributed by atoms with Crippen molar-refractivity contribution in [1.29, 1.82) is 0 Å². The minimum Gasteiger partial charge on any atom is -0.508 e. The number of phenols is 1. The fraction of sp³-hybridized carbons (Fsp3) is 0.750. The quantitative estimate of drug-likeness (QED) is 0.709. The van der Waals surface area contributed by atoms with Crippen molar-refractivity contribution in [1.82, 2.24) is 9.80 Å². The lowest BCUT2D eigenvalue weighted by atomic mass is 9.52. The number of benzene rings is 1. The zero-order chi connectivity index (χ0) is 22.6. The molecule has 4 fully saturated rings. The number of hydrogen-bond donors (Lipinski definition) is 2. The molecule has 5 aliphatic rings. The predicted molar refractivity (Wildman–Crippen MR) is 128 cm³/mol. The highest BCUT2D eigenvalue weighted by Crippen LogP contribution is 2.57. The van der Waals surface area contributed by atoms with Crippen LogP contribution in [0.5, 0.6) is 5.75 Å². The molecule has 2 N–H and O–H groups in total. The summed E-state index contributed by atoms with van der Waals surface area (Å²) < 4.78 is 0. The van der Waals surface area contributed by atoms with Gasteiger partial charge in [0.2, 0.25) is 5.91 Å². The predicted octanol–water partition coefficient (Wildman–Crippen LogP) is 3.99. The lowest BCUT2D eigenvalue weighted by molar-refractivity contribution is -0.153. The molecule has 1 amide bonds. The summed E-state index contributed by atoms with van der Waals surface area (Å²) >= 11 is 0. The number of carbonyl (C=O) groups is 1. The third-order valence-corrected chi connectivity index (χ3v) is 9.96. The summed E-state index contributed by atoms with van der Waals surface area (Å²) in [4.78, 5) is 18.3. The van der Waals surface area contributed by atoms with Crippen LogP contribution in [0.15, 0.2) is 18.2 Å². The Hall–Kier alpha value is -1.59. The van der Waals surface area contributed by atoms with Gasteiger partial charge >= 0.3 is 0 Å². The average Bonchev–Trinajstić information content (AvgIpc) is 3.63. The molecule has 1 aromatic rings. The molecule has 6 rings (SSSR count). The minimum atomic E-state index is -0.920. The molecule has 2 saturated heterocycles. The van der Waals surface area contributed by atoms with E-state index < -0.39 is 11.0 Å². The molecule has 33 heavy (non-hydrogen) atoms. The van der Waals surface area contributed by atoms with Gasteiger partial charge in [-0.2, -0.15) is 0 Å². The SMILES string of the molecule is O=C1CC23CCN(CC4CC4)C(Cc4ccc(O)cc42)C3(O)CCN1CCC1CCCCC1. The number of aromatic hydroxyl groups is 1. The van der Waals surface area contributed by atoms with E-state index in [0.717, 1.165) is 56.3 Å². The maximum absolute atomic E-state index is 13.7. The summed E-state index contributed by atoms with van der Waals surface area (Å²) in [6.45, 7) is 3.51. The van der Waals surface area contributed by atoms with E-state index in [4.69, 9.17) is 0 Å². The van der Waals surface area contributed by atoms with Crippen LogP contribution in [0.4, 0.5) is 0 Å². The van der Waals surface area contributed by atoms with E-state index in [1.54, 1.807) is 6.07 Å². The van der Waals surface area contributed by atoms with E-state index in [1.807, 2.05) is 12.1 Å². The van der Waals surface area contributed by atoms with Gasteiger partial charge in [0.15, 0.2) is 0 Å². The first-order valence-electron chi connectivity index (χ1n) is 13.6. The third-order valence-electron chi connectivity index (χ3n) is 9.96. The van der Waals surface area contributed by atoms with E-state index >= 15 is 0 Å². The zero-order valence-corrected chi connectivity index (χ0v) is 20.0. The molecule has 2 aliphatic heterocycles. The maximum Gasteiger partial charge on any atom is 0.223 e. The molecule has 2 saturated carbocycles. The minimum absolute atomic E-state index is 0.0648. The Kier molecular flexibility index (Phi) is 5.49. The maximum atomic E-state index is 13.7. The second kappa shape index (κ2) is 8.27. The van der Waals surface area contributed by atoms with Crippen molar-refractivity contribution in [2.75, 3.05) is 26.2 Å². The van der Waals surface area contributed by atoms with Crippen molar-refractivity contribution < 1.29 is 15.0 Å². The summed E-state index contributed by atoms with van der Waals surface area (Å²) in [5.74, 6) is 1.98. The van der Waals surface area contributed by atoms with Crippen LogP contribution in [-0.2, 0) is 16.6 Å². The van der Waals surface area contributed by atoms with E-state index in [2.05, 4.69) is 9.80 Å². The number of amides is 1. The first-order valence-corrected chi connectivity index (χ1v) is 13.6. The first kappa shape index (κ1) is 21.9. The molecule has 180 valence electrons. The number of hydrogen-bond acceptors (Lipinski definition) is 4. The Morgan fingerprint density at radius 2 is 1.82 bits per heavy atom. The van der Waals surface area contributed by atoms with Gasteiger partial charge in [-0.05, 0) is 80.2 Å². The Morgan fingerprint density at radius 1 is 1.00 bits per heavy atom. The van der Waals surface area contributed by atoms with Gasteiger partial charge in [0.25, 0.3) is 0 Å². The normalized spacial score (nSPS) is 35.1. The molecular weight excluding hydrogens is 412 g/mol. The summed E-state index contributed by atoms with van der Waals surface area (Å²) in [6.07, 6.45) is 13.0. The molecule has 5 heteroatoms. The average molecular weight is 453 g/mol. The van der Waals surface area contributed by atoms with Gasteiger partial charge in [0.1, 0.15) is 5.75 Å². The summed E-state index contributed by atoms with van der Waals surface area (Å²) in [5.41, 5.74) is 0.748. The fourth-order valence-corrected chi connectivity index (χ4v) is 7.83. The number of rotatable bonds is 5. The van der Waals surface area contributed by atoms with Crippen LogP contribution in [0.2, 0.25) is 0 Å². The second-order valence-electron chi connectivity index (χ2n) is 11.9. The molecule has 0 aromatic heterocycles. The standard InChI is InChI=1S/C28H40N2O3/c31-23-9-8-22-16-25-28(33)12-15-29(13-10-20-4-2-1-3-5-20)26(32)18-27(28,24(22)17-23)11-14-30(25)19-21-6-7-21/h8-9,17,20-21,25,31,33H,1-7,10-16,18-19H2. The van der Waals surface area contributed by atoms with Gasteiger partial charge in [0.05, 0.1) is 5.60 Å². The smallest absolute Gasteiger partial charge is 0.223 e. The van der Waals surface area contributed by atoms with Crippen molar-refractivity contribution in [2.45, 2.75) is 94.1 Å². The number of fused-ring (bicyclic) bond motifs is 1. The van der Waals surface area contributed by atoms with Crippen LogP contribution in [0, 0.1) is 11.8 Å². The van der Waals surface area contributed by atoms with Crippen molar-refractivity contribution in [2.24, 2.45) is 11.8 Å². The van der Waals surface area contributed by atoms with E-state index in [-0.39, 0.29) is 17.7 Å². The molecule has 2 bridgehead atoms. The molecule has 5 nitrogen and oxygen atoms in total. The van der Waals surface area contributed by atoms with Crippen molar-refractivity contribution >= 4 is 5.91 Å². The van der Waals surface area contributed by atoms with Crippen LogP contribution in [0.1, 0.15) is 81.8 Å². The van der Waals surface area contributed by atoms with E-state index in [9.17, 15) is 15.0 Å².